The first-order valence-corrected chi connectivity index (χ1v) is 10.4. The van der Waals surface area contributed by atoms with E-state index in [1.54, 1.807) is 30.9 Å². The molecule has 1 fully saturated rings. The summed E-state index contributed by atoms with van der Waals surface area (Å²) in [6, 6.07) is 5.62. The molecule has 2 aliphatic rings. The van der Waals surface area contributed by atoms with Crippen molar-refractivity contribution in [3.63, 3.8) is 0 Å². The second-order valence-corrected chi connectivity index (χ2v) is 7.55. The van der Waals surface area contributed by atoms with Gasteiger partial charge in [-0.2, -0.15) is 5.26 Å². The van der Waals surface area contributed by atoms with Gasteiger partial charge in [-0.25, -0.2) is 4.99 Å². The van der Waals surface area contributed by atoms with Crippen molar-refractivity contribution in [2.45, 2.75) is 19.8 Å². The Kier molecular flexibility index (Phi) is 7.12. The molecule has 0 radical (unpaired) electrons. The SMILES string of the molecule is CCOC(=O)C1C(C)=NC(SCC(=O)N2CCOCC2)=C(C#N)[C@@H]1c1ccco1. The first-order valence-electron chi connectivity index (χ1n) is 9.44. The van der Waals surface area contributed by atoms with Crippen LogP contribution in [0.1, 0.15) is 25.5 Å². The van der Waals surface area contributed by atoms with E-state index in [1.807, 2.05) is 0 Å². The molecule has 1 amide bonds. The minimum atomic E-state index is -0.741. The highest BCUT2D eigenvalue weighted by atomic mass is 32.2. The van der Waals surface area contributed by atoms with Gasteiger partial charge < -0.3 is 18.8 Å². The molecule has 3 rings (SSSR count). The number of nitrogens with zero attached hydrogens (tertiary/aromatic N) is 3. The molecule has 0 aliphatic carbocycles. The van der Waals surface area contributed by atoms with Gasteiger partial charge in [-0.1, -0.05) is 11.8 Å². The van der Waals surface area contributed by atoms with Crippen molar-refractivity contribution < 1.29 is 23.5 Å². The van der Waals surface area contributed by atoms with Crippen molar-refractivity contribution in [1.82, 2.24) is 4.90 Å². The van der Waals surface area contributed by atoms with Crippen molar-refractivity contribution in [2.75, 3.05) is 38.7 Å². The standard InChI is InChI=1S/C20H23N3O5S/c1-3-27-20(25)17-13(2)22-19(14(11-21)18(17)15-5-4-8-28-15)29-12-16(24)23-6-9-26-10-7-23/h4-5,8,17-18H,3,6-7,9-10,12H2,1-2H3/t17?,18-/m1/s1. The molecule has 2 aliphatic heterocycles. The first-order chi connectivity index (χ1) is 14.1. The third-order valence-corrected chi connectivity index (χ3v) is 5.79. The summed E-state index contributed by atoms with van der Waals surface area (Å²) in [5.74, 6) is -1.20. The number of aliphatic imine (C=N–C) groups is 1. The zero-order valence-electron chi connectivity index (χ0n) is 16.4. The van der Waals surface area contributed by atoms with Gasteiger partial charge in [-0.3, -0.25) is 9.59 Å². The number of morpholine rings is 1. The van der Waals surface area contributed by atoms with Crippen LogP contribution in [0, 0.1) is 17.2 Å². The molecule has 0 aromatic carbocycles. The van der Waals surface area contributed by atoms with Crippen LogP contribution in [0.2, 0.25) is 0 Å². The minimum Gasteiger partial charge on any atom is -0.469 e. The number of carbonyl (C=O) groups excluding carboxylic acids is 2. The van der Waals surface area contributed by atoms with Crippen molar-refractivity contribution in [3.8, 4) is 6.07 Å². The van der Waals surface area contributed by atoms with E-state index in [1.165, 1.54) is 18.0 Å². The van der Waals surface area contributed by atoms with Gasteiger partial charge in [0.05, 0.1) is 49.4 Å². The molecule has 9 heteroatoms. The van der Waals surface area contributed by atoms with Gasteiger partial charge in [-0.05, 0) is 26.0 Å². The van der Waals surface area contributed by atoms with Crippen LogP contribution in [0.3, 0.4) is 0 Å². The number of furan rings is 1. The molecule has 1 aromatic heterocycles. The van der Waals surface area contributed by atoms with Gasteiger partial charge in [0.2, 0.25) is 5.91 Å². The van der Waals surface area contributed by atoms with Crippen LogP contribution >= 0.6 is 11.8 Å². The molecule has 8 nitrogen and oxygen atoms in total. The summed E-state index contributed by atoms with van der Waals surface area (Å²) in [6.07, 6.45) is 1.50. The van der Waals surface area contributed by atoms with Crippen LogP contribution in [0.4, 0.5) is 0 Å². The average Bonchev–Trinajstić information content (AvgIpc) is 3.26. The number of thioether (sulfide) groups is 1. The molecular formula is C20H23N3O5S. The Morgan fingerprint density at radius 3 is 2.79 bits per heavy atom. The Morgan fingerprint density at radius 2 is 2.17 bits per heavy atom. The molecule has 0 saturated carbocycles. The Balaban J connectivity index is 1.87. The Bertz CT molecular complexity index is 850. The smallest absolute Gasteiger partial charge is 0.315 e. The molecule has 1 saturated heterocycles. The second kappa shape index (κ2) is 9.76. The van der Waals surface area contributed by atoms with Gasteiger partial charge in [-0.15, -0.1) is 0 Å². The molecule has 0 spiro atoms. The van der Waals surface area contributed by atoms with Gasteiger partial charge >= 0.3 is 5.97 Å². The fourth-order valence-electron chi connectivity index (χ4n) is 3.41. The number of hydrogen-bond acceptors (Lipinski definition) is 8. The number of esters is 1. The van der Waals surface area contributed by atoms with E-state index in [4.69, 9.17) is 13.9 Å². The highest BCUT2D eigenvalue weighted by Crippen LogP contribution is 2.42. The van der Waals surface area contributed by atoms with Crippen molar-refractivity contribution in [1.29, 1.82) is 5.26 Å². The monoisotopic (exact) mass is 417 g/mol. The van der Waals surface area contributed by atoms with Crippen LogP contribution in [-0.4, -0.2) is 61.2 Å². The molecule has 0 bridgehead atoms. The van der Waals surface area contributed by atoms with E-state index in [0.717, 1.165) is 0 Å². The number of hydrogen-bond donors (Lipinski definition) is 0. The van der Waals surface area contributed by atoms with Gasteiger partial charge in [0, 0.05) is 18.8 Å². The number of rotatable bonds is 6. The molecule has 2 atom stereocenters. The molecule has 0 N–H and O–H groups in total. The van der Waals surface area contributed by atoms with Crippen LogP contribution in [0.5, 0.6) is 0 Å². The Hall–Kier alpha value is -2.57. The number of carbonyl (C=O) groups is 2. The first kappa shape index (κ1) is 21.1. The summed E-state index contributed by atoms with van der Waals surface area (Å²) in [7, 11) is 0. The topological polar surface area (TPSA) is 105 Å². The lowest BCUT2D eigenvalue weighted by molar-refractivity contribution is -0.146. The fraction of sp³-hybridized carbons (Fsp3) is 0.500. The summed E-state index contributed by atoms with van der Waals surface area (Å²) in [4.78, 5) is 31.3. The quantitative estimate of drug-likeness (QED) is 0.654. The minimum absolute atomic E-state index is 0.0296. The van der Waals surface area contributed by atoms with Crippen molar-refractivity contribution in [2.24, 2.45) is 10.9 Å². The van der Waals surface area contributed by atoms with E-state index in [2.05, 4.69) is 11.1 Å². The predicted molar refractivity (Wildman–Crippen MR) is 107 cm³/mol. The lowest BCUT2D eigenvalue weighted by Crippen LogP contribution is -2.41. The highest BCUT2D eigenvalue weighted by Gasteiger charge is 2.42. The van der Waals surface area contributed by atoms with E-state index in [9.17, 15) is 14.9 Å². The lowest BCUT2D eigenvalue weighted by Gasteiger charge is -2.29. The molecule has 29 heavy (non-hydrogen) atoms. The van der Waals surface area contributed by atoms with E-state index < -0.39 is 17.8 Å². The van der Waals surface area contributed by atoms with E-state index in [0.29, 0.717) is 48.4 Å². The molecule has 3 heterocycles. The summed E-state index contributed by atoms with van der Waals surface area (Å²) < 4.78 is 16.0. The number of nitriles is 1. The van der Waals surface area contributed by atoms with Gasteiger partial charge in [0.1, 0.15) is 16.7 Å². The largest absolute Gasteiger partial charge is 0.469 e. The molecule has 1 unspecified atom stereocenters. The fourth-order valence-corrected chi connectivity index (χ4v) is 4.39. The third kappa shape index (κ3) is 4.71. The average molecular weight is 417 g/mol. The summed E-state index contributed by atoms with van der Waals surface area (Å²) in [5, 5.41) is 10.3. The number of ether oxygens (including phenoxy) is 2. The Labute approximate surface area is 173 Å². The summed E-state index contributed by atoms with van der Waals surface area (Å²) in [5.41, 5.74) is 0.841. The maximum Gasteiger partial charge on any atom is 0.315 e. The van der Waals surface area contributed by atoms with Crippen LogP contribution in [-0.2, 0) is 19.1 Å². The number of amides is 1. The predicted octanol–water partition coefficient (Wildman–Crippen LogP) is 2.34. The summed E-state index contributed by atoms with van der Waals surface area (Å²) >= 11 is 1.21. The molecular weight excluding hydrogens is 394 g/mol. The van der Waals surface area contributed by atoms with Crippen LogP contribution in [0.15, 0.2) is 38.4 Å². The zero-order chi connectivity index (χ0) is 20.8. The van der Waals surface area contributed by atoms with Crippen molar-refractivity contribution >= 4 is 29.4 Å². The van der Waals surface area contributed by atoms with Crippen LogP contribution < -0.4 is 0 Å². The second-order valence-electron chi connectivity index (χ2n) is 6.59. The van der Waals surface area contributed by atoms with E-state index >= 15 is 0 Å². The van der Waals surface area contributed by atoms with Crippen molar-refractivity contribution in [3.05, 3.63) is 34.8 Å². The Morgan fingerprint density at radius 1 is 1.41 bits per heavy atom. The maximum absolute atomic E-state index is 12.6. The molecule has 154 valence electrons. The maximum atomic E-state index is 12.6. The molecule has 1 aromatic rings. The zero-order valence-corrected chi connectivity index (χ0v) is 17.2. The lowest BCUT2D eigenvalue weighted by atomic mass is 9.80. The van der Waals surface area contributed by atoms with Gasteiger partial charge in [0.25, 0.3) is 0 Å². The van der Waals surface area contributed by atoms with Gasteiger partial charge in [0.15, 0.2) is 0 Å². The van der Waals surface area contributed by atoms with E-state index in [-0.39, 0.29) is 18.3 Å². The van der Waals surface area contributed by atoms with Crippen LogP contribution in [0.25, 0.3) is 0 Å². The number of allylic oxidation sites excluding steroid dienone is 1. The third-order valence-electron chi connectivity index (χ3n) is 4.81. The highest BCUT2D eigenvalue weighted by molar-refractivity contribution is 8.03. The normalized spacial score (nSPS) is 22.1. The summed E-state index contributed by atoms with van der Waals surface area (Å²) in [6.45, 7) is 5.88.